The van der Waals surface area contributed by atoms with E-state index in [0.717, 1.165) is 42.6 Å². The minimum atomic E-state index is -0.582. The van der Waals surface area contributed by atoms with Crippen LogP contribution >= 0.6 is 0 Å². The molecule has 5 rings (SSSR count). The lowest BCUT2D eigenvalue weighted by Gasteiger charge is -2.15. The summed E-state index contributed by atoms with van der Waals surface area (Å²) in [4.78, 5) is 28.4. The minimum absolute atomic E-state index is 0.0864. The summed E-state index contributed by atoms with van der Waals surface area (Å²) in [6.45, 7) is 9.83. The fraction of sp³-hybridized carbons (Fsp3) is 0.312. The summed E-state index contributed by atoms with van der Waals surface area (Å²) in [7, 11) is 0. The Labute approximate surface area is 240 Å². The summed E-state index contributed by atoms with van der Waals surface area (Å²) < 4.78 is 21.2. The molecule has 1 fully saturated rings. The van der Waals surface area contributed by atoms with Crippen LogP contribution in [-0.4, -0.2) is 51.9 Å². The molecule has 2 aromatic heterocycles. The Hall–Kier alpha value is -4.37. The van der Waals surface area contributed by atoms with Crippen molar-refractivity contribution in [2.24, 2.45) is 0 Å². The van der Waals surface area contributed by atoms with Gasteiger partial charge in [-0.1, -0.05) is 32.0 Å². The average Bonchev–Trinajstić information content (AvgIpc) is 3.49. The van der Waals surface area contributed by atoms with Crippen LogP contribution in [-0.2, 0) is 0 Å². The van der Waals surface area contributed by atoms with E-state index in [9.17, 15) is 9.18 Å². The van der Waals surface area contributed by atoms with E-state index < -0.39 is 5.82 Å². The van der Waals surface area contributed by atoms with Crippen LogP contribution in [0.3, 0.4) is 0 Å². The number of aryl methyl sites for hydroxylation is 1. The van der Waals surface area contributed by atoms with Crippen molar-refractivity contribution in [3.8, 4) is 22.9 Å². The summed E-state index contributed by atoms with van der Waals surface area (Å²) in [5.74, 6) is 0.461. The molecule has 0 saturated carbocycles. The molecule has 2 aromatic carbocycles. The molecular formula is C32H35FN6O2. The molecule has 1 aliphatic rings. The van der Waals surface area contributed by atoms with Crippen molar-refractivity contribution in [3.05, 3.63) is 89.5 Å². The molecule has 0 radical (unpaired) electrons. The van der Waals surface area contributed by atoms with E-state index >= 15 is 0 Å². The molecule has 1 aliphatic heterocycles. The van der Waals surface area contributed by atoms with Gasteiger partial charge in [-0.2, -0.15) is 0 Å². The zero-order valence-electron chi connectivity index (χ0n) is 23.7. The summed E-state index contributed by atoms with van der Waals surface area (Å²) in [6.07, 6.45) is 5.17. The monoisotopic (exact) mass is 554 g/mol. The summed E-state index contributed by atoms with van der Waals surface area (Å²) in [5.41, 5.74) is 3.56. The van der Waals surface area contributed by atoms with E-state index in [1.165, 1.54) is 12.8 Å². The molecule has 8 nitrogen and oxygen atoms in total. The third-order valence-electron chi connectivity index (χ3n) is 7.15. The Bertz CT molecular complexity index is 1520. The second-order valence-corrected chi connectivity index (χ2v) is 10.5. The number of hydrogen-bond donors (Lipinski definition) is 2. The summed E-state index contributed by atoms with van der Waals surface area (Å²) in [5, 5.41) is 6.16. The molecule has 0 spiro atoms. The fourth-order valence-electron chi connectivity index (χ4n) is 4.76. The lowest BCUT2D eigenvalue weighted by atomic mass is 10.0. The van der Waals surface area contributed by atoms with Gasteiger partial charge in [-0.3, -0.25) is 4.79 Å². The van der Waals surface area contributed by atoms with Crippen LogP contribution in [0.4, 0.5) is 16.0 Å². The van der Waals surface area contributed by atoms with Crippen molar-refractivity contribution < 1.29 is 13.9 Å². The third-order valence-corrected chi connectivity index (χ3v) is 7.15. The zero-order valence-corrected chi connectivity index (χ0v) is 23.7. The number of carbonyl (C=O) groups excluding carboxylic acids is 1. The number of aromatic nitrogens is 3. The SMILES string of the molecule is Cc1ccc(C(=O)Nc2cccc(C(C)C)c2)cc1Oc1ncccc1-c1nc(NCCN2CCCC2)ncc1F. The molecule has 3 heterocycles. The minimum Gasteiger partial charge on any atom is -0.438 e. The van der Waals surface area contributed by atoms with Crippen LogP contribution in [0.5, 0.6) is 11.6 Å². The van der Waals surface area contributed by atoms with Crippen LogP contribution in [0.15, 0.2) is 67.0 Å². The van der Waals surface area contributed by atoms with Gasteiger partial charge in [0.25, 0.3) is 5.91 Å². The van der Waals surface area contributed by atoms with Gasteiger partial charge < -0.3 is 20.3 Å². The highest BCUT2D eigenvalue weighted by Crippen LogP contribution is 2.34. The van der Waals surface area contributed by atoms with Crippen LogP contribution in [0.1, 0.15) is 54.1 Å². The normalized spacial score (nSPS) is 13.4. The average molecular weight is 555 g/mol. The Morgan fingerprint density at radius 3 is 2.71 bits per heavy atom. The van der Waals surface area contributed by atoms with Crippen molar-refractivity contribution in [1.29, 1.82) is 0 Å². The highest BCUT2D eigenvalue weighted by molar-refractivity contribution is 6.04. The number of nitrogens with one attached hydrogen (secondary N) is 2. The molecule has 0 unspecified atom stereocenters. The first-order valence-electron chi connectivity index (χ1n) is 14.0. The quantitative estimate of drug-likeness (QED) is 0.226. The maximum atomic E-state index is 15.0. The third kappa shape index (κ3) is 7.05. The van der Waals surface area contributed by atoms with Crippen molar-refractivity contribution in [1.82, 2.24) is 19.9 Å². The number of likely N-dealkylation sites (tertiary alicyclic amines) is 1. The van der Waals surface area contributed by atoms with Crippen LogP contribution < -0.4 is 15.4 Å². The maximum absolute atomic E-state index is 15.0. The van der Waals surface area contributed by atoms with Crippen molar-refractivity contribution in [2.75, 3.05) is 36.8 Å². The van der Waals surface area contributed by atoms with E-state index in [0.29, 0.717) is 35.3 Å². The van der Waals surface area contributed by atoms with E-state index in [4.69, 9.17) is 4.74 Å². The number of nitrogens with zero attached hydrogens (tertiary/aromatic N) is 4. The number of hydrogen-bond acceptors (Lipinski definition) is 7. The molecule has 4 aromatic rings. The molecule has 212 valence electrons. The van der Waals surface area contributed by atoms with Crippen LogP contribution in [0.2, 0.25) is 0 Å². The van der Waals surface area contributed by atoms with Crippen molar-refractivity contribution in [3.63, 3.8) is 0 Å². The lowest BCUT2D eigenvalue weighted by Crippen LogP contribution is -2.26. The topological polar surface area (TPSA) is 92.3 Å². The number of carbonyl (C=O) groups is 1. The molecule has 0 aliphatic carbocycles. The van der Waals surface area contributed by atoms with Gasteiger partial charge in [-0.05, 0) is 86.3 Å². The molecule has 1 saturated heterocycles. The van der Waals surface area contributed by atoms with Crippen LogP contribution in [0.25, 0.3) is 11.3 Å². The van der Waals surface area contributed by atoms with E-state index in [1.807, 2.05) is 37.3 Å². The maximum Gasteiger partial charge on any atom is 0.255 e. The smallest absolute Gasteiger partial charge is 0.255 e. The highest BCUT2D eigenvalue weighted by atomic mass is 19.1. The molecule has 9 heteroatoms. The molecule has 2 N–H and O–H groups in total. The summed E-state index contributed by atoms with van der Waals surface area (Å²) >= 11 is 0. The Morgan fingerprint density at radius 2 is 1.90 bits per heavy atom. The fourth-order valence-corrected chi connectivity index (χ4v) is 4.76. The first-order chi connectivity index (χ1) is 19.9. The predicted molar refractivity (Wildman–Crippen MR) is 159 cm³/mol. The number of benzene rings is 2. The zero-order chi connectivity index (χ0) is 28.8. The first-order valence-corrected chi connectivity index (χ1v) is 14.0. The molecule has 0 atom stereocenters. The van der Waals surface area contributed by atoms with E-state index in [1.54, 1.807) is 30.5 Å². The second-order valence-electron chi connectivity index (χ2n) is 10.5. The van der Waals surface area contributed by atoms with Crippen LogP contribution in [0, 0.1) is 12.7 Å². The molecule has 0 bridgehead atoms. The predicted octanol–water partition coefficient (Wildman–Crippen LogP) is 6.66. The Balaban J connectivity index is 1.34. The van der Waals surface area contributed by atoms with Gasteiger partial charge >= 0.3 is 0 Å². The van der Waals surface area contributed by atoms with Gasteiger partial charge in [0.2, 0.25) is 11.8 Å². The standard InChI is InChI=1S/C32H35FN6O2/c1-21(2)23-8-6-9-25(18-23)37-30(40)24-12-11-22(3)28(19-24)41-31-26(10-7-13-34-31)29-27(33)20-36-32(38-29)35-14-17-39-15-4-5-16-39/h6-13,18-21H,4-5,14-17H2,1-3H3,(H,37,40)(H,35,36,38). The van der Waals surface area contributed by atoms with Gasteiger partial charge in [-0.15, -0.1) is 0 Å². The number of halogens is 1. The summed E-state index contributed by atoms with van der Waals surface area (Å²) in [6, 6.07) is 16.4. The molecule has 41 heavy (non-hydrogen) atoms. The van der Waals surface area contributed by atoms with Crippen molar-refractivity contribution in [2.45, 2.75) is 39.5 Å². The van der Waals surface area contributed by atoms with Gasteiger partial charge in [-0.25, -0.2) is 19.3 Å². The van der Waals surface area contributed by atoms with Gasteiger partial charge in [0, 0.05) is 30.5 Å². The lowest BCUT2D eigenvalue weighted by molar-refractivity contribution is 0.102. The Kier molecular flexibility index (Phi) is 8.84. The number of pyridine rings is 1. The second kappa shape index (κ2) is 12.9. The highest BCUT2D eigenvalue weighted by Gasteiger charge is 2.18. The first kappa shape index (κ1) is 28.2. The number of amides is 1. The van der Waals surface area contributed by atoms with Gasteiger partial charge in [0.1, 0.15) is 11.4 Å². The molecular weight excluding hydrogens is 519 g/mol. The van der Waals surface area contributed by atoms with E-state index in [2.05, 4.69) is 44.3 Å². The van der Waals surface area contributed by atoms with Gasteiger partial charge in [0.05, 0.1) is 11.8 Å². The van der Waals surface area contributed by atoms with E-state index in [-0.39, 0.29) is 17.5 Å². The van der Waals surface area contributed by atoms with Crippen molar-refractivity contribution >= 4 is 17.5 Å². The number of rotatable bonds is 10. The number of ether oxygens (including phenoxy) is 1. The largest absolute Gasteiger partial charge is 0.438 e. The number of anilines is 2. The van der Waals surface area contributed by atoms with Gasteiger partial charge in [0.15, 0.2) is 5.82 Å². The molecule has 1 amide bonds. The Morgan fingerprint density at radius 1 is 1.07 bits per heavy atom.